The molecule has 0 atom stereocenters. The maximum atomic E-state index is 13.5. The van der Waals surface area contributed by atoms with Crippen LogP contribution in [0.2, 0.25) is 10.0 Å². The summed E-state index contributed by atoms with van der Waals surface area (Å²) in [4.78, 5) is 15.3. The van der Waals surface area contributed by atoms with Crippen LogP contribution in [0.5, 0.6) is 0 Å². The summed E-state index contributed by atoms with van der Waals surface area (Å²) in [6.45, 7) is 3.19. The molecule has 4 aromatic rings. The van der Waals surface area contributed by atoms with Crippen molar-refractivity contribution < 1.29 is 22.0 Å². The average molecular weight is 588 g/mol. The smallest absolute Gasteiger partial charge is 0.291 e. The lowest BCUT2D eigenvalue weighted by atomic mass is 10.2. The molecule has 0 aliphatic carbocycles. The summed E-state index contributed by atoms with van der Waals surface area (Å²) < 4.78 is 46.9. The van der Waals surface area contributed by atoms with E-state index in [2.05, 4.69) is 5.32 Å². The number of hydrogen-bond donors (Lipinski definition) is 1. The number of aryl methyl sites for hydroxylation is 1. The van der Waals surface area contributed by atoms with E-state index in [1.807, 2.05) is 11.8 Å². The fourth-order valence-electron chi connectivity index (χ4n) is 4.40. The molecule has 1 aliphatic heterocycles. The third-order valence-electron chi connectivity index (χ3n) is 6.48. The molecule has 11 heteroatoms. The van der Waals surface area contributed by atoms with Crippen molar-refractivity contribution in [3.8, 4) is 11.3 Å². The lowest BCUT2D eigenvalue weighted by Crippen LogP contribution is -2.49. The number of hydrogen-bond acceptors (Lipinski definition) is 5. The van der Waals surface area contributed by atoms with Crippen LogP contribution >= 0.6 is 23.2 Å². The first-order valence-electron chi connectivity index (χ1n) is 12.1. The minimum absolute atomic E-state index is 0.0467. The standard InChI is InChI=1S/C28H24Cl2FN3O4S/c1-18-5-8-20(9-6-18)39(36,37)34-15-13-33(14-16-34)27-21(29)3-2-4-24(27)32-28(35)26-12-11-25(38-26)19-7-10-23(31)22(30)17-19/h2-12,17H,13-16H2,1H3,(H,32,35). The molecule has 1 fully saturated rings. The number of benzene rings is 3. The fourth-order valence-corrected chi connectivity index (χ4v) is 6.29. The Labute approximate surface area is 235 Å². The summed E-state index contributed by atoms with van der Waals surface area (Å²) in [5.41, 5.74) is 2.57. The number of nitrogens with one attached hydrogen (secondary N) is 1. The molecule has 2 heterocycles. The normalized spacial score (nSPS) is 14.4. The highest BCUT2D eigenvalue weighted by Crippen LogP contribution is 2.36. The van der Waals surface area contributed by atoms with Gasteiger partial charge in [-0.3, -0.25) is 4.79 Å². The SMILES string of the molecule is Cc1ccc(S(=O)(=O)N2CCN(c3c(Cl)cccc3NC(=O)c3ccc(-c4ccc(F)c(Cl)c4)o3)CC2)cc1. The van der Waals surface area contributed by atoms with Gasteiger partial charge in [-0.05, 0) is 61.5 Å². The number of anilines is 2. The van der Waals surface area contributed by atoms with E-state index in [0.29, 0.717) is 40.8 Å². The molecule has 1 amide bonds. The second-order valence-corrected chi connectivity index (χ2v) is 11.8. The molecule has 1 N–H and O–H groups in total. The van der Waals surface area contributed by atoms with Crippen molar-refractivity contribution in [2.45, 2.75) is 11.8 Å². The van der Waals surface area contributed by atoms with Crippen LogP contribution in [0, 0.1) is 12.7 Å². The van der Waals surface area contributed by atoms with E-state index in [0.717, 1.165) is 5.56 Å². The van der Waals surface area contributed by atoms with Crippen LogP contribution in [-0.2, 0) is 10.0 Å². The molecular formula is C28H24Cl2FN3O4S. The van der Waals surface area contributed by atoms with Crippen molar-refractivity contribution in [3.63, 3.8) is 0 Å². The Hall–Kier alpha value is -3.37. The van der Waals surface area contributed by atoms with Gasteiger partial charge in [0.15, 0.2) is 5.76 Å². The Kier molecular flexibility index (Phi) is 7.68. The summed E-state index contributed by atoms with van der Waals surface area (Å²) >= 11 is 12.4. The van der Waals surface area contributed by atoms with Crippen molar-refractivity contribution in [1.82, 2.24) is 4.31 Å². The molecular weight excluding hydrogens is 564 g/mol. The number of furan rings is 1. The number of carbonyl (C=O) groups excluding carboxylic acids is 1. The molecule has 5 rings (SSSR count). The summed E-state index contributed by atoms with van der Waals surface area (Å²) in [5.74, 6) is -0.643. The van der Waals surface area contributed by atoms with Gasteiger partial charge in [0.05, 0.1) is 26.3 Å². The zero-order valence-corrected chi connectivity index (χ0v) is 23.2. The molecule has 7 nitrogen and oxygen atoms in total. The van der Waals surface area contributed by atoms with E-state index < -0.39 is 21.7 Å². The van der Waals surface area contributed by atoms with Gasteiger partial charge in [-0.1, -0.05) is 47.0 Å². The molecule has 1 aliphatic rings. The van der Waals surface area contributed by atoms with Gasteiger partial charge in [-0.25, -0.2) is 12.8 Å². The molecule has 0 bridgehead atoms. The Bertz CT molecular complexity index is 1630. The van der Waals surface area contributed by atoms with Crippen LogP contribution in [-0.4, -0.2) is 44.8 Å². The van der Waals surface area contributed by atoms with E-state index in [1.54, 1.807) is 48.5 Å². The summed E-state index contributed by atoms with van der Waals surface area (Å²) in [5, 5.41) is 3.22. The molecule has 0 saturated carbocycles. The Morgan fingerprint density at radius 3 is 2.33 bits per heavy atom. The van der Waals surface area contributed by atoms with Gasteiger partial charge in [-0.15, -0.1) is 0 Å². The van der Waals surface area contributed by atoms with E-state index in [-0.39, 0.29) is 28.8 Å². The van der Waals surface area contributed by atoms with Crippen molar-refractivity contribution in [2.75, 3.05) is 36.4 Å². The Morgan fingerprint density at radius 2 is 1.64 bits per heavy atom. The number of nitrogens with zero attached hydrogens (tertiary/aromatic N) is 2. The van der Waals surface area contributed by atoms with Gasteiger partial charge in [0.25, 0.3) is 5.91 Å². The Balaban J connectivity index is 1.31. The monoisotopic (exact) mass is 587 g/mol. The van der Waals surface area contributed by atoms with Crippen LogP contribution in [0.15, 0.2) is 82.1 Å². The first kappa shape index (κ1) is 27.2. The number of halogens is 3. The van der Waals surface area contributed by atoms with Crippen molar-refractivity contribution in [2.24, 2.45) is 0 Å². The van der Waals surface area contributed by atoms with E-state index in [1.165, 1.54) is 28.6 Å². The van der Waals surface area contributed by atoms with Crippen LogP contribution in [0.4, 0.5) is 15.8 Å². The predicted molar refractivity (Wildman–Crippen MR) is 151 cm³/mol. The Morgan fingerprint density at radius 1 is 0.923 bits per heavy atom. The molecule has 202 valence electrons. The third-order valence-corrected chi connectivity index (χ3v) is 8.99. The van der Waals surface area contributed by atoms with E-state index >= 15 is 0 Å². The predicted octanol–water partition coefficient (Wildman–Crippen LogP) is 6.46. The molecule has 1 aromatic heterocycles. The van der Waals surface area contributed by atoms with Crippen LogP contribution in [0.1, 0.15) is 16.1 Å². The molecule has 1 saturated heterocycles. The molecule has 0 spiro atoms. The zero-order valence-electron chi connectivity index (χ0n) is 20.8. The highest BCUT2D eigenvalue weighted by molar-refractivity contribution is 7.89. The lowest BCUT2D eigenvalue weighted by molar-refractivity contribution is 0.0997. The number of amides is 1. The fraction of sp³-hybridized carbons (Fsp3) is 0.179. The zero-order chi connectivity index (χ0) is 27.7. The second kappa shape index (κ2) is 11.0. The van der Waals surface area contributed by atoms with Gasteiger partial charge in [0, 0.05) is 31.7 Å². The lowest BCUT2D eigenvalue weighted by Gasteiger charge is -2.36. The highest BCUT2D eigenvalue weighted by Gasteiger charge is 2.30. The van der Waals surface area contributed by atoms with E-state index in [9.17, 15) is 17.6 Å². The minimum atomic E-state index is -3.62. The largest absolute Gasteiger partial charge is 0.451 e. The van der Waals surface area contributed by atoms with Crippen LogP contribution < -0.4 is 10.2 Å². The van der Waals surface area contributed by atoms with Crippen molar-refractivity contribution in [3.05, 3.63) is 100.0 Å². The van der Waals surface area contributed by atoms with E-state index in [4.69, 9.17) is 27.6 Å². The second-order valence-electron chi connectivity index (χ2n) is 9.09. The van der Waals surface area contributed by atoms with Crippen LogP contribution in [0.25, 0.3) is 11.3 Å². The molecule has 39 heavy (non-hydrogen) atoms. The van der Waals surface area contributed by atoms with Crippen molar-refractivity contribution in [1.29, 1.82) is 0 Å². The first-order chi connectivity index (χ1) is 18.6. The van der Waals surface area contributed by atoms with Crippen molar-refractivity contribution >= 4 is 50.5 Å². The van der Waals surface area contributed by atoms with Gasteiger partial charge in [0.2, 0.25) is 10.0 Å². The highest BCUT2D eigenvalue weighted by atomic mass is 35.5. The number of piperazine rings is 1. The maximum absolute atomic E-state index is 13.5. The first-order valence-corrected chi connectivity index (χ1v) is 14.3. The third kappa shape index (κ3) is 5.67. The van der Waals surface area contributed by atoms with Crippen LogP contribution in [0.3, 0.4) is 0 Å². The molecule has 0 unspecified atom stereocenters. The summed E-state index contributed by atoms with van der Waals surface area (Å²) in [7, 11) is -3.62. The molecule has 3 aromatic carbocycles. The topological polar surface area (TPSA) is 82.9 Å². The number of para-hydroxylation sites is 1. The quantitative estimate of drug-likeness (QED) is 0.280. The maximum Gasteiger partial charge on any atom is 0.291 e. The average Bonchev–Trinajstić information content (AvgIpc) is 3.41. The van der Waals surface area contributed by atoms with Gasteiger partial charge < -0.3 is 14.6 Å². The minimum Gasteiger partial charge on any atom is -0.451 e. The van der Waals surface area contributed by atoms with Gasteiger partial charge >= 0.3 is 0 Å². The van der Waals surface area contributed by atoms with Gasteiger partial charge in [0.1, 0.15) is 11.6 Å². The summed E-state index contributed by atoms with van der Waals surface area (Å²) in [6, 6.07) is 19.2. The number of sulfonamides is 1. The number of carbonyl (C=O) groups is 1. The number of rotatable bonds is 6. The van der Waals surface area contributed by atoms with Gasteiger partial charge in [-0.2, -0.15) is 4.31 Å². The summed E-state index contributed by atoms with van der Waals surface area (Å²) in [6.07, 6.45) is 0. The molecule has 0 radical (unpaired) electrons.